The first-order valence-corrected chi connectivity index (χ1v) is 14.7. The molecule has 1 unspecified atom stereocenters. The van der Waals surface area contributed by atoms with Gasteiger partial charge in [-0.3, -0.25) is 5.41 Å². The minimum Gasteiger partial charge on any atom is -0.456 e. The molecule has 0 amide bonds. The highest BCUT2D eigenvalue weighted by Gasteiger charge is 2.16. The van der Waals surface area contributed by atoms with Gasteiger partial charge in [0.15, 0.2) is 5.84 Å². The third-order valence-electron chi connectivity index (χ3n) is 8.67. The lowest BCUT2D eigenvalue weighted by Gasteiger charge is -2.12. The molecule has 206 valence electrons. The van der Waals surface area contributed by atoms with Crippen LogP contribution in [0.1, 0.15) is 18.9 Å². The number of rotatable bonds is 3. The van der Waals surface area contributed by atoms with E-state index in [9.17, 15) is 0 Å². The molecule has 1 aromatic heterocycles. The van der Waals surface area contributed by atoms with Gasteiger partial charge in [0.25, 0.3) is 0 Å². The number of aliphatic imine (C=N–C) groups is 1. The van der Waals surface area contributed by atoms with Gasteiger partial charge in [-0.2, -0.15) is 0 Å². The Bertz CT molecular complexity index is 2340. The van der Waals surface area contributed by atoms with Crippen LogP contribution in [-0.2, 0) is 0 Å². The molecule has 1 aliphatic carbocycles. The van der Waals surface area contributed by atoms with E-state index < -0.39 is 0 Å². The Labute approximate surface area is 249 Å². The fourth-order valence-corrected chi connectivity index (χ4v) is 6.45. The molecule has 1 aliphatic rings. The molecule has 0 fully saturated rings. The van der Waals surface area contributed by atoms with Crippen molar-refractivity contribution in [2.24, 2.45) is 16.6 Å². The third-order valence-corrected chi connectivity index (χ3v) is 8.67. The molecule has 6 aromatic carbocycles. The van der Waals surface area contributed by atoms with Crippen LogP contribution in [0.4, 0.5) is 0 Å². The van der Waals surface area contributed by atoms with E-state index in [0.717, 1.165) is 50.6 Å². The highest BCUT2D eigenvalue weighted by molar-refractivity contribution is 6.26. The fourth-order valence-electron chi connectivity index (χ4n) is 6.45. The molecular weight excluding hydrogens is 526 g/mol. The van der Waals surface area contributed by atoms with Crippen molar-refractivity contribution in [3.8, 4) is 11.1 Å². The van der Waals surface area contributed by atoms with Gasteiger partial charge in [-0.25, -0.2) is 4.99 Å². The summed E-state index contributed by atoms with van der Waals surface area (Å²) >= 11 is 0. The molecular formula is C39H29N3O. The van der Waals surface area contributed by atoms with E-state index >= 15 is 0 Å². The van der Waals surface area contributed by atoms with Crippen LogP contribution in [-0.4, -0.2) is 11.7 Å². The summed E-state index contributed by atoms with van der Waals surface area (Å²) in [4.78, 5) is 4.49. The van der Waals surface area contributed by atoms with Gasteiger partial charge < -0.3 is 10.2 Å². The van der Waals surface area contributed by atoms with E-state index in [4.69, 9.17) is 15.6 Å². The minimum absolute atomic E-state index is 0.171. The van der Waals surface area contributed by atoms with Crippen LogP contribution in [0.15, 0.2) is 136 Å². The Balaban J connectivity index is 1.24. The highest BCUT2D eigenvalue weighted by atomic mass is 16.3. The van der Waals surface area contributed by atoms with Crippen LogP contribution in [0, 0.1) is 11.3 Å². The molecule has 0 spiro atoms. The van der Waals surface area contributed by atoms with E-state index in [1.54, 1.807) is 0 Å². The van der Waals surface area contributed by atoms with Gasteiger partial charge in [-0.1, -0.05) is 104 Å². The average molecular weight is 556 g/mol. The summed E-state index contributed by atoms with van der Waals surface area (Å²) in [6.07, 6.45) is 7.02. The molecule has 0 radical (unpaired) electrons. The van der Waals surface area contributed by atoms with Crippen molar-refractivity contribution >= 4 is 65.9 Å². The van der Waals surface area contributed by atoms with Gasteiger partial charge in [0, 0.05) is 21.9 Å². The van der Waals surface area contributed by atoms with Gasteiger partial charge in [-0.05, 0) is 80.0 Å². The Morgan fingerprint density at radius 1 is 0.721 bits per heavy atom. The highest BCUT2D eigenvalue weighted by Crippen LogP contribution is 2.39. The predicted molar refractivity (Wildman–Crippen MR) is 181 cm³/mol. The molecule has 0 saturated heterocycles. The molecule has 4 nitrogen and oxygen atoms in total. The first-order chi connectivity index (χ1) is 21.0. The number of nitrogens with two attached hydrogens (primary N) is 1. The number of hydrogen-bond acceptors (Lipinski definition) is 2. The van der Waals surface area contributed by atoms with Crippen molar-refractivity contribution in [3.05, 3.63) is 132 Å². The van der Waals surface area contributed by atoms with E-state index in [1.807, 2.05) is 24.3 Å². The van der Waals surface area contributed by atoms with E-state index in [2.05, 4.69) is 109 Å². The number of nitrogens with zero attached hydrogens (tertiary/aromatic N) is 1. The maximum Gasteiger partial charge on any atom is 0.153 e. The molecule has 4 heteroatoms. The van der Waals surface area contributed by atoms with Crippen LogP contribution in [0.2, 0.25) is 0 Å². The first-order valence-electron chi connectivity index (χ1n) is 14.7. The van der Waals surface area contributed by atoms with Gasteiger partial charge >= 0.3 is 0 Å². The summed E-state index contributed by atoms with van der Waals surface area (Å²) in [7, 11) is 0. The van der Waals surface area contributed by atoms with Crippen LogP contribution in [0.3, 0.4) is 0 Å². The standard InChI is InChI=1S/C39H29N3O/c1-23-13-15-24(16-14-23)38(40)42-39(41)33-11-6-12-35-37(33)32-20-18-26(22-36(32)43-35)25-17-19-31-29-9-3-2-7-27(29)28-8-4-5-10-30(28)34(31)21-25/h2-13,15-23H,14H2,1H3,(H3,40,41,42). The van der Waals surface area contributed by atoms with Crippen molar-refractivity contribution in [2.45, 2.75) is 13.3 Å². The third kappa shape index (κ3) is 4.14. The maximum absolute atomic E-state index is 8.53. The fraction of sp³-hybridized carbons (Fsp3) is 0.0769. The van der Waals surface area contributed by atoms with E-state index in [0.29, 0.717) is 11.8 Å². The Hall–Kier alpha value is -5.48. The summed E-state index contributed by atoms with van der Waals surface area (Å²) in [5, 5.41) is 18.0. The van der Waals surface area contributed by atoms with Gasteiger partial charge in [-0.15, -0.1) is 0 Å². The number of furan rings is 1. The van der Waals surface area contributed by atoms with Gasteiger partial charge in [0.2, 0.25) is 0 Å². The van der Waals surface area contributed by atoms with Gasteiger partial charge in [0.1, 0.15) is 17.0 Å². The van der Waals surface area contributed by atoms with Crippen LogP contribution >= 0.6 is 0 Å². The largest absolute Gasteiger partial charge is 0.456 e. The van der Waals surface area contributed by atoms with Crippen LogP contribution in [0.25, 0.3) is 65.4 Å². The number of nitrogens with one attached hydrogen (secondary N) is 1. The lowest BCUT2D eigenvalue weighted by molar-refractivity contribution is 0.669. The summed E-state index contributed by atoms with van der Waals surface area (Å²) < 4.78 is 6.37. The SMILES string of the molecule is CC1C=CC(C(=N)N=C(N)c2cccc3oc4cc(-c5ccc6c7ccccc7c7ccccc7c6c5)ccc4c23)=CC1. The smallest absolute Gasteiger partial charge is 0.153 e. The number of amidine groups is 2. The topological polar surface area (TPSA) is 75.4 Å². The summed E-state index contributed by atoms with van der Waals surface area (Å²) in [6.45, 7) is 2.16. The molecule has 7 aromatic rings. The van der Waals surface area contributed by atoms with Crippen molar-refractivity contribution in [2.75, 3.05) is 0 Å². The van der Waals surface area contributed by atoms with Crippen molar-refractivity contribution in [3.63, 3.8) is 0 Å². The lowest BCUT2D eigenvalue weighted by atomic mass is 9.92. The lowest BCUT2D eigenvalue weighted by Crippen LogP contribution is -2.16. The molecule has 43 heavy (non-hydrogen) atoms. The number of fused-ring (bicyclic) bond motifs is 9. The van der Waals surface area contributed by atoms with Gasteiger partial charge in [0.05, 0.1) is 0 Å². The quantitative estimate of drug-likeness (QED) is 0.129. The van der Waals surface area contributed by atoms with Crippen molar-refractivity contribution in [1.82, 2.24) is 0 Å². The zero-order valence-electron chi connectivity index (χ0n) is 23.8. The molecule has 0 bridgehead atoms. The van der Waals surface area contributed by atoms with E-state index in [1.165, 1.54) is 32.3 Å². The van der Waals surface area contributed by atoms with E-state index in [-0.39, 0.29) is 5.84 Å². The second-order valence-corrected chi connectivity index (χ2v) is 11.4. The van der Waals surface area contributed by atoms with Crippen LogP contribution in [0.5, 0.6) is 0 Å². The predicted octanol–water partition coefficient (Wildman–Crippen LogP) is 9.92. The molecule has 1 heterocycles. The average Bonchev–Trinajstić information content (AvgIpc) is 3.43. The molecule has 8 rings (SSSR count). The zero-order chi connectivity index (χ0) is 29.1. The Morgan fingerprint density at radius 3 is 2.02 bits per heavy atom. The second kappa shape index (κ2) is 9.81. The number of allylic oxidation sites excluding steroid dienone is 2. The summed E-state index contributed by atoms with van der Waals surface area (Å²) in [5.41, 5.74) is 11.8. The summed E-state index contributed by atoms with van der Waals surface area (Å²) in [5.74, 6) is 0.955. The van der Waals surface area contributed by atoms with Crippen LogP contribution < -0.4 is 5.73 Å². The summed E-state index contributed by atoms with van der Waals surface area (Å²) in [6, 6.07) is 36.2. The zero-order valence-corrected chi connectivity index (χ0v) is 23.8. The molecule has 1 atom stereocenters. The normalized spacial score (nSPS) is 15.6. The van der Waals surface area contributed by atoms with Crippen molar-refractivity contribution < 1.29 is 4.42 Å². The minimum atomic E-state index is 0.171. The molecule has 0 saturated carbocycles. The molecule has 3 N–H and O–H groups in total. The molecule has 0 aliphatic heterocycles. The number of benzene rings is 6. The Kier molecular flexibility index (Phi) is 5.76. The monoisotopic (exact) mass is 555 g/mol. The first kappa shape index (κ1) is 25.2. The maximum atomic E-state index is 8.53. The number of hydrogen-bond donors (Lipinski definition) is 2. The Morgan fingerprint density at radius 2 is 1.35 bits per heavy atom. The van der Waals surface area contributed by atoms with Crippen molar-refractivity contribution in [1.29, 1.82) is 5.41 Å². The second-order valence-electron chi connectivity index (χ2n) is 11.4.